The van der Waals surface area contributed by atoms with Crippen molar-refractivity contribution in [1.82, 2.24) is 0 Å². The number of hydrogen-bond donors (Lipinski definition) is 0. The van der Waals surface area contributed by atoms with Crippen LogP contribution in [0.2, 0.25) is 0 Å². The van der Waals surface area contributed by atoms with E-state index in [0.29, 0.717) is 11.1 Å². The Labute approximate surface area is 112 Å². The molecule has 0 saturated carbocycles. The topological polar surface area (TPSA) is 44.1 Å². The number of thioether (sulfide) groups is 1. The normalized spacial score (nSPS) is 15.9. The van der Waals surface area contributed by atoms with Crippen LogP contribution < -0.4 is 4.90 Å². The zero-order chi connectivity index (χ0) is 13.0. The first kappa shape index (κ1) is 13.0. The van der Waals surface area contributed by atoms with Gasteiger partial charge in [-0.2, -0.15) is 17.0 Å². The summed E-state index contributed by atoms with van der Waals surface area (Å²) in [6, 6.07) is 7.56. The van der Waals surface area contributed by atoms with Gasteiger partial charge in [0.2, 0.25) is 0 Å². The van der Waals surface area contributed by atoms with Gasteiger partial charge in [-0.1, -0.05) is 0 Å². The molecule has 4 heteroatoms. The summed E-state index contributed by atoms with van der Waals surface area (Å²) in [5.41, 5.74) is 2.25. The minimum absolute atomic E-state index is 0.0462. The molecule has 1 aliphatic heterocycles. The summed E-state index contributed by atoms with van der Waals surface area (Å²) >= 11 is 1.95. The highest BCUT2D eigenvalue weighted by Gasteiger charge is 2.15. The molecule has 0 spiro atoms. The van der Waals surface area contributed by atoms with E-state index in [-0.39, 0.29) is 5.78 Å². The van der Waals surface area contributed by atoms with E-state index in [9.17, 15) is 10.1 Å². The predicted octanol–water partition coefficient (Wildman–Crippen LogP) is 2.70. The van der Waals surface area contributed by atoms with Crippen molar-refractivity contribution in [2.45, 2.75) is 13.3 Å². The number of rotatable bonds is 2. The van der Waals surface area contributed by atoms with Crippen LogP contribution in [0, 0.1) is 11.3 Å². The van der Waals surface area contributed by atoms with Crippen LogP contribution in [-0.4, -0.2) is 30.4 Å². The number of ketones is 1. The van der Waals surface area contributed by atoms with E-state index in [2.05, 4.69) is 11.0 Å². The van der Waals surface area contributed by atoms with Crippen LogP contribution in [0.4, 0.5) is 5.69 Å². The average molecular weight is 260 g/mol. The molecule has 1 aromatic rings. The van der Waals surface area contributed by atoms with Gasteiger partial charge in [0.15, 0.2) is 5.78 Å². The standard InChI is InChI=1S/C14H16N2OS/c1-11(17)12-3-4-13(10-15)14(9-12)16-5-2-7-18-8-6-16/h3-4,9H,2,5-8H2,1H3. The first-order valence-corrected chi connectivity index (χ1v) is 7.25. The van der Waals surface area contributed by atoms with Gasteiger partial charge < -0.3 is 4.90 Å². The van der Waals surface area contributed by atoms with Crippen LogP contribution in [0.15, 0.2) is 18.2 Å². The number of hydrogen-bond acceptors (Lipinski definition) is 4. The molecule has 1 aliphatic rings. The fraction of sp³-hybridized carbons (Fsp3) is 0.429. The molecule has 0 atom stereocenters. The Morgan fingerprint density at radius 1 is 1.39 bits per heavy atom. The Hall–Kier alpha value is -1.47. The highest BCUT2D eigenvalue weighted by Crippen LogP contribution is 2.24. The van der Waals surface area contributed by atoms with E-state index in [1.54, 1.807) is 19.1 Å². The maximum Gasteiger partial charge on any atom is 0.159 e. The summed E-state index contributed by atoms with van der Waals surface area (Å²) in [7, 11) is 0. The number of benzene rings is 1. The van der Waals surface area contributed by atoms with Crippen LogP contribution in [0.1, 0.15) is 29.3 Å². The summed E-state index contributed by atoms with van der Waals surface area (Å²) < 4.78 is 0. The third-order valence-corrected chi connectivity index (χ3v) is 4.14. The zero-order valence-electron chi connectivity index (χ0n) is 10.5. The highest BCUT2D eigenvalue weighted by atomic mass is 32.2. The van der Waals surface area contributed by atoms with Crippen molar-refractivity contribution in [3.8, 4) is 6.07 Å². The monoisotopic (exact) mass is 260 g/mol. The quantitative estimate of drug-likeness (QED) is 0.767. The van der Waals surface area contributed by atoms with Gasteiger partial charge in [-0.25, -0.2) is 0 Å². The van der Waals surface area contributed by atoms with E-state index < -0.39 is 0 Å². The largest absolute Gasteiger partial charge is 0.370 e. The zero-order valence-corrected chi connectivity index (χ0v) is 11.3. The fourth-order valence-corrected chi connectivity index (χ4v) is 2.98. The molecule has 0 bridgehead atoms. The second kappa shape index (κ2) is 5.92. The smallest absolute Gasteiger partial charge is 0.159 e. The van der Waals surface area contributed by atoms with Crippen LogP contribution in [-0.2, 0) is 0 Å². The van der Waals surface area contributed by atoms with E-state index in [0.717, 1.165) is 31.0 Å². The van der Waals surface area contributed by atoms with Crippen LogP contribution >= 0.6 is 11.8 Å². The summed E-state index contributed by atoms with van der Waals surface area (Å²) in [5.74, 6) is 2.30. The Bertz CT molecular complexity index is 485. The molecule has 1 heterocycles. The van der Waals surface area contributed by atoms with Gasteiger partial charge in [-0.15, -0.1) is 0 Å². The van der Waals surface area contributed by atoms with Gasteiger partial charge in [0, 0.05) is 24.4 Å². The fourth-order valence-electron chi connectivity index (χ4n) is 2.09. The Morgan fingerprint density at radius 3 is 2.94 bits per heavy atom. The van der Waals surface area contributed by atoms with Crippen LogP contribution in [0.5, 0.6) is 0 Å². The SMILES string of the molecule is CC(=O)c1ccc(C#N)c(N2CCCSCC2)c1. The molecule has 0 aliphatic carbocycles. The molecule has 3 nitrogen and oxygen atoms in total. The molecular weight excluding hydrogens is 244 g/mol. The number of anilines is 1. The highest BCUT2D eigenvalue weighted by molar-refractivity contribution is 7.99. The van der Waals surface area contributed by atoms with E-state index >= 15 is 0 Å². The third-order valence-electron chi connectivity index (χ3n) is 3.09. The molecule has 94 valence electrons. The van der Waals surface area contributed by atoms with Crippen molar-refractivity contribution in [3.63, 3.8) is 0 Å². The number of nitrogens with zero attached hydrogens (tertiary/aromatic N) is 2. The number of nitriles is 1. The number of Topliss-reactive ketones (excluding diaryl/α,β-unsaturated/α-hetero) is 1. The lowest BCUT2D eigenvalue weighted by atomic mass is 10.1. The molecule has 0 radical (unpaired) electrons. The van der Waals surface area contributed by atoms with Gasteiger partial charge in [0.25, 0.3) is 0 Å². The van der Waals surface area contributed by atoms with Gasteiger partial charge in [-0.3, -0.25) is 4.79 Å². The van der Waals surface area contributed by atoms with Crippen LogP contribution in [0.3, 0.4) is 0 Å². The van der Waals surface area contributed by atoms with Crippen molar-refractivity contribution in [2.24, 2.45) is 0 Å². The van der Waals surface area contributed by atoms with E-state index in [1.807, 2.05) is 17.8 Å². The van der Waals surface area contributed by atoms with E-state index in [4.69, 9.17) is 0 Å². The molecule has 18 heavy (non-hydrogen) atoms. The van der Waals surface area contributed by atoms with Crippen molar-refractivity contribution in [1.29, 1.82) is 5.26 Å². The number of carbonyl (C=O) groups is 1. The van der Waals surface area contributed by atoms with Crippen LogP contribution in [0.25, 0.3) is 0 Å². The molecule has 2 rings (SSSR count). The van der Waals surface area contributed by atoms with Crippen molar-refractivity contribution in [3.05, 3.63) is 29.3 Å². The maximum absolute atomic E-state index is 11.4. The minimum atomic E-state index is 0.0462. The molecule has 1 fully saturated rings. The van der Waals surface area contributed by atoms with Gasteiger partial charge >= 0.3 is 0 Å². The second-order valence-electron chi connectivity index (χ2n) is 4.35. The van der Waals surface area contributed by atoms with Gasteiger partial charge in [0.1, 0.15) is 6.07 Å². The molecule has 0 unspecified atom stereocenters. The average Bonchev–Trinajstić information content (AvgIpc) is 2.66. The molecule has 1 aromatic carbocycles. The van der Waals surface area contributed by atoms with Gasteiger partial charge in [0.05, 0.1) is 11.3 Å². The summed E-state index contributed by atoms with van der Waals surface area (Å²) in [6.45, 7) is 3.47. The minimum Gasteiger partial charge on any atom is -0.370 e. The molecule has 1 saturated heterocycles. The van der Waals surface area contributed by atoms with Gasteiger partial charge in [-0.05, 0) is 37.3 Å². The Kier molecular flexibility index (Phi) is 4.27. The first-order chi connectivity index (χ1) is 8.72. The Morgan fingerprint density at radius 2 is 2.22 bits per heavy atom. The lowest BCUT2D eigenvalue weighted by Crippen LogP contribution is -2.26. The molecular formula is C14H16N2OS. The first-order valence-electron chi connectivity index (χ1n) is 6.10. The van der Waals surface area contributed by atoms with E-state index in [1.165, 1.54) is 5.75 Å². The second-order valence-corrected chi connectivity index (χ2v) is 5.58. The van der Waals surface area contributed by atoms with Crippen molar-refractivity contribution < 1.29 is 4.79 Å². The van der Waals surface area contributed by atoms with Crippen molar-refractivity contribution in [2.75, 3.05) is 29.5 Å². The molecule has 0 aromatic heterocycles. The van der Waals surface area contributed by atoms with Crippen molar-refractivity contribution >= 4 is 23.2 Å². The summed E-state index contributed by atoms with van der Waals surface area (Å²) in [6.07, 6.45) is 1.12. The molecule has 0 amide bonds. The lowest BCUT2D eigenvalue weighted by Gasteiger charge is -2.23. The lowest BCUT2D eigenvalue weighted by molar-refractivity contribution is 0.101. The third kappa shape index (κ3) is 2.85. The summed E-state index contributed by atoms with van der Waals surface area (Å²) in [5, 5.41) is 9.18. The predicted molar refractivity (Wildman–Crippen MR) is 75.3 cm³/mol. The maximum atomic E-state index is 11.4. The molecule has 0 N–H and O–H groups in total. The summed E-state index contributed by atoms with van der Waals surface area (Å²) in [4.78, 5) is 13.7. The number of carbonyl (C=O) groups excluding carboxylic acids is 1. The Balaban J connectivity index is 2.36.